The summed E-state index contributed by atoms with van der Waals surface area (Å²) in [5.41, 5.74) is 0. The lowest BCUT2D eigenvalue weighted by Crippen LogP contribution is -2.02. The molecular weight excluding hydrogens is 202 g/mol. The summed E-state index contributed by atoms with van der Waals surface area (Å²) in [5, 5.41) is 2.55. The number of rotatable bonds is 6. The van der Waals surface area contributed by atoms with Crippen LogP contribution in [0.1, 0.15) is 19.3 Å². The monoisotopic (exact) mass is 215 g/mol. The predicted octanol–water partition coefficient (Wildman–Crippen LogP) is 1.87. The molecule has 0 saturated heterocycles. The van der Waals surface area contributed by atoms with Crippen LogP contribution in [-0.4, -0.2) is 24.7 Å². The summed E-state index contributed by atoms with van der Waals surface area (Å²) in [6.45, 7) is 0.602. The zero-order chi connectivity index (χ0) is 10.2. The molecule has 0 spiro atoms. The van der Waals surface area contributed by atoms with Crippen molar-refractivity contribution in [3.8, 4) is 5.19 Å². The van der Waals surface area contributed by atoms with E-state index in [0.29, 0.717) is 18.2 Å². The number of ether oxygens (including phenoxy) is 2. The molecule has 0 aliphatic heterocycles. The molecule has 0 saturated carbocycles. The van der Waals surface area contributed by atoms with Gasteiger partial charge in [-0.05, 0) is 12.8 Å². The van der Waals surface area contributed by atoms with Crippen molar-refractivity contribution in [1.29, 1.82) is 0 Å². The quantitative estimate of drug-likeness (QED) is 0.537. The lowest BCUT2D eigenvalue weighted by atomic mass is 10.2. The van der Waals surface area contributed by atoms with Crippen LogP contribution >= 0.6 is 11.3 Å². The minimum absolute atomic E-state index is 0.167. The summed E-state index contributed by atoms with van der Waals surface area (Å²) in [4.78, 5) is 14.7. The molecule has 1 aromatic rings. The topological polar surface area (TPSA) is 48.4 Å². The number of methoxy groups -OCH3 is 1. The summed E-state index contributed by atoms with van der Waals surface area (Å²) in [7, 11) is 1.40. The molecule has 0 bridgehead atoms. The Hall–Kier alpha value is -1.10. The third-order valence-corrected chi connectivity index (χ3v) is 2.32. The van der Waals surface area contributed by atoms with Crippen molar-refractivity contribution < 1.29 is 14.3 Å². The smallest absolute Gasteiger partial charge is 0.305 e. The summed E-state index contributed by atoms with van der Waals surface area (Å²) in [6.07, 6.45) is 3.79. The van der Waals surface area contributed by atoms with Crippen molar-refractivity contribution in [1.82, 2.24) is 4.98 Å². The minimum Gasteiger partial charge on any atom is -0.470 e. The first-order chi connectivity index (χ1) is 6.83. The molecule has 0 unspecified atom stereocenters. The molecule has 0 N–H and O–H groups in total. The van der Waals surface area contributed by atoms with Gasteiger partial charge in [-0.25, -0.2) is 4.98 Å². The first kappa shape index (κ1) is 11.0. The normalized spacial score (nSPS) is 9.79. The number of carbonyl (C=O) groups excluding carboxylic acids is 1. The van der Waals surface area contributed by atoms with Crippen LogP contribution in [0.4, 0.5) is 0 Å². The molecular formula is C9H13NO3S. The highest BCUT2D eigenvalue weighted by atomic mass is 32.1. The Morgan fingerprint density at radius 1 is 1.57 bits per heavy atom. The van der Waals surface area contributed by atoms with Crippen LogP contribution in [0.3, 0.4) is 0 Å². The van der Waals surface area contributed by atoms with E-state index in [1.165, 1.54) is 18.4 Å². The van der Waals surface area contributed by atoms with Gasteiger partial charge in [0.15, 0.2) is 0 Å². The maximum absolute atomic E-state index is 10.7. The Kier molecular flexibility index (Phi) is 4.99. The van der Waals surface area contributed by atoms with Gasteiger partial charge in [0.25, 0.3) is 5.19 Å². The second kappa shape index (κ2) is 6.37. The molecule has 0 amide bonds. The van der Waals surface area contributed by atoms with Crippen LogP contribution in [-0.2, 0) is 9.53 Å². The molecule has 0 aliphatic rings. The van der Waals surface area contributed by atoms with E-state index in [1.54, 1.807) is 6.20 Å². The lowest BCUT2D eigenvalue weighted by molar-refractivity contribution is -0.140. The minimum atomic E-state index is -0.167. The summed E-state index contributed by atoms with van der Waals surface area (Å²) >= 11 is 1.47. The highest BCUT2D eigenvalue weighted by Gasteiger charge is 2.00. The summed E-state index contributed by atoms with van der Waals surface area (Å²) in [6, 6.07) is 0. The van der Waals surface area contributed by atoms with E-state index in [1.807, 2.05) is 5.38 Å². The van der Waals surface area contributed by atoms with Crippen LogP contribution < -0.4 is 4.74 Å². The number of hydrogen-bond donors (Lipinski definition) is 0. The van der Waals surface area contributed by atoms with Gasteiger partial charge in [0.1, 0.15) is 0 Å². The molecule has 1 rings (SSSR count). The van der Waals surface area contributed by atoms with Crippen LogP contribution in [0, 0.1) is 0 Å². The Morgan fingerprint density at radius 3 is 3.07 bits per heavy atom. The zero-order valence-electron chi connectivity index (χ0n) is 8.06. The van der Waals surface area contributed by atoms with Crippen molar-refractivity contribution in [3.63, 3.8) is 0 Å². The highest BCUT2D eigenvalue weighted by Crippen LogP contribution is 2.13. The molecule has 0 radical (unpaired) electrons. The van der Waals surface area contributed by atoms with Gasteiger partial charge in [0, 0.05) is 18.0 Å². The zero-order valence-corrected chi connectivity index (χ0v) is 8.88. The lowest BCUT2D eigenvalue weighted by Gasteiger charge is -2.01. The maximum atomic E-state index is 10.7. The average molecular weight is 215 g/mol. The standard InChI is InChI=1S/C9H13NO3S/c1-12-8(11)4-2-3-6-13-9-10-5-7-14-9/h5,7H,2-4,6H2,1H3. The van der Waals surface area contributed by atoms with Gasteiger partial charge in [-0.3, -0.25) is 4.79 Å². The average Bonchev–Trinajstić information content (AvgIpc) is 2.69. The second-order valence-corrected chi connectivity index (χ2v) is 3.54. The number of aromatic nitrogens is 1. The number of hydrogen-bond acceptors (Lipinski definition) is 5. The SMILES string of the molecule is COC(=O)CCCCOc1nccs1. The largest absolute Gasteiger partial charge is 0.470 e. The summed E-state index contributed by atoms with van der Waals surface area (Å²) in [5.74, 6) is -0.167. The van der Waals surface area contributed by atoms with E-state index in [2.05, 4.69) is 9.72 Å². The van der Waals surface area contributed by atoms with Crippen LogP contribution in [0.5, 0.6) is 5.19 Å². The Morgan fingerprint density at radius 2 is 2.43 bits per heavy atom. The number of nitrogens with zero attached hydrogens (tertiary/aromatic N) is 1. The molecule has 1 heterocycles. The molecule has 0 aliphatic carbocycles. The van der Waals surface area contributed by atoms with Gasteiger partial charge in [-0.2, -0.15) is 0 Å². The van der Waals surface area contributed by atoms with E-state index >= 15 is 0 Å². The van der Waals surface area contributed by atoms with Gasteiger partial charge in [0.2, 0.25) is 0 Å². The molecule has 4 nitrogen and oxygen atoms in total. The Labute approximate surface area is 86.9 Å². The van der Waals surface area contributed by atoms with E-state index in [-0.39, 0.29) is 5.97 Å². The van der Waals surface area contributed by atoms with Crippen LogP contribution in [0.25, 0.3) is 0 Å². The fraction of sp³-hybridized carbons (Fsp3) is 0.556. The number of esters is 1. The van der Waals surface area contributed by atoms with Gasteiger partial charge in [-0.1, -0.05) is 11.3 Å². The fourth-order valence-electron chi connectivity index (χ4n) is 0.915. The van der Waals surface area contributed by atoms with Crippen molar-refractivity contribution in [2.75, 3.05) is 13.7 Å². The van der Waals surface area contributed by atoms with E-state index < -0.39 is 0 Å². The third kappa shape index (κ3) is 4.23. The number of thiazole rings is 1. The van der Waals surface area contributed by atoms with Crippen molar-refractivity contribution in [2.45, 2.75) is 19.3 Å². The first-order valence-corrected chi connectivity index (χ1v) is 5.30. The Bertz CT molecular complexity index is 261. The van der Waals surface area contributed by atoms with Gasteiger partial charge >= 0.3 is 5.97 Å². The van der Waals surface area contributed by atoms with Crippen LogP contribution in [0.2, 0.25) is 0 Å². The number of unbranched alkanes of at least 4 members (excludes halogenated alkanes) is 1. The summed E-state index contributed by atoms with van der Waals surface area (Å²) < 4.78 is 9.83. The maximum Gasteiger partial charge on any atom is 0.305 e. The fourth-order valence-corrected chi connectivity index (χ4v) is 1.43. The predicted molar refractivity (Wildman–Crippen MR) is 53.5 cm³/mol. The van der Waals surface area contributed by atoms with Gasteiger partial charge in [0.05, 0.1) is 13.7 Å². The number of carbonyl (C=O) groups is 1. The van der Waals surface area contributed by atoms with E-state index in [9.17, 15) is 4.79 Å². The van der Waals surface area contributed by atoms with Gasteiger partial charge < -0.3 is 9.47 Å². The molecule has 0 fully saturated rings. The molecule has 0 atom stereocenters. The van der Waals surface area contributed by atoms with E-state index in [4.69, 9.17) is 4.74 Å². The Balaban J connectivity index is 1.97. The van der Waals surface area contributed by atoms with E-state index in [0.717, 1.165) is 12.8 Å². The molecule has 1 aromatic heterocycles. The molecule has 78 valence electrons. The molecule has 5 heteroatoms. The van der Waals surface area contributed by atoms with Crippen molar-refractivity contribution in [2.24, 2.45) is 0 Å². The van der Waals surface area contributed by atoms with Gasteiger partial charge in [-0.15, -0.1) is 0 Å². The molecule has 0 aromatic carbocycles. The highest BCUT2D eigenvalue weighted by molar-refractivity contribution is 7.11. The molecule has 14 heavy (non-hydrogen) atoms. The first-order valence-electron chi connectivity index (χ1n) is 4.42. The van der Waals surface area contributed by atoms with Crippen molar-refractivity contribution in [3.05, 3.63) is 11.6 Å². The third-order valence-electron chi connectivity index (χ3n) is 1.64. The van der Waals surface area contributed by atoms with Crippen LogP contribution in [0.15, 0.2) is 11.6 Å². The van der Waals surface area contributed by atoms with Crippen molar-refractivity contribution >= 4 is 17.3 Å². The second-order valence-electron chi connectivity index (χ2n) is 2.68.